The third-order valence-electron chi connectivity index (χ3n) is 2.84. The molecule has 1 fully saturated rings. The first-order chi connectivity index (χ1) is 7.72. The van der Waals surface area contributed by atoms with Crippen LogP contribution in [0.2, 0.25) is 10.0 Å². The summed E-state index contributed by atoms with van der Waals surface area (Å²) in [4.78, 5) is 4.37. The van der Waals surface area contributed by atoms with Gasteiger partial charge in [-0.3, -0.25) is 4.98 Å². The Hall–Kier alpha value is -0.310. The summed E-state index contributed by atoms with van der Waals surface area (Å²) in [5.41, 5.74) is 0.946. The zero-order valence-electron chi connectivity index (χ0n) is 9.34. The number of rotatable bonds is 5. The van der Waals surface area contributed by atoms with Gasteiger partial charge in [-0.05, 0) is 37.8 Å². The molecular formula is C12H16Cl2N2. The Kier molecular flexibility index (Phi) is 4.06. The van der Waals surface area contributed by atoms with E-state index in [0.717, 1.165) is 18.7 Å². The van der Waals surface area contributed by atoms with Crippen LogP contribution < -0.4 is 5.32 Å². The van der Waals surface area contributed by atoms with Gasteiger partial charge in [-0.2, -0.15) is 0 Å². The molecule has 4 heteroatoms. The van der Waals surface area contributed by atoms with Crippen LogP contribution in [0.1, 0.15) is 37.9 Å². The zero-order chi connectivity index (χ0) is 11.5. The Morgan fingerprint density at radius 1 is 1.50 bits per heavy atom. The normalized spacial score (nSPS) is 17.4. The Bertz CT molecular complexity index is 364. The van der Waals surface area contributed by atoms with Gasteiger partial charge in [0.05, 0.1) is 21.8 Å². The molecule has 16 heavy (non-hydrogen) atoms. The van der Waals surface area contributed by atoms with E-state index in [-0.39, 0.29) is 0 Å². The monoisotopic (exact) mass is 258 g/mol. The zero-order valence-corrected chi connectivity index (χ0v) is 10.9. The second-order valence-electron chi connectivity index (χ2n) is 4.29. The maximum atomic E-state index is 6.19. The van der Waals surface area contributed by atoms with Crippen LogP contribution in [-0.2, 0) is 0 Å². The third kappa shape index (κ3) is 2.88. The molecule has 0 aromatic carbocycles. The number of aromatic nitrogens is 1. The maximum absolute atomic E-state index is 6.19. The molecule has 1 aromatic rings. The average Bonchev–Trinajstić information content (AvgIpc) is 3.05. The van der Waals surface area contributed by atoms with Crippen molar-refractivity contribution in [1.29, 1.82) is 0 Å². The number of hydrogen-bond acceptors (Lipinski definition) is 2. The first kappa shape index (κ1) is 12.2. The van der Waals surface area contributed by atoms with Crippen LogP contribution in [-0.4, -0.2) is 11.5 Å². The number of halogens is 2. The van der Waals surface area contributed by atoms with Crippen molar-refractivity contribution in [2.24, 2.45) is 5.92 Å². The van der Waals surface area contributed by atoms with Gasteiger partial charge in [0.1, 0.15) is 0 Å². The van der Waals surface area contributed by atoms with Crippen LogP contribution in [0.4, 0.5) is 0 Å². The summed E-state index contributed by atoms with van der Waals surface area (Å²) >= 11 is 12.0. The standard InChI is InChI=1S/C12H16Cl2N2/c1-2-5-15-11(8-3-4-8)12-10(14)6-9(13)7-16-12/h6-8,11,15H,2-5H2,1H3. The van der Waals surface area contributed by atoms with Gasteiger partial charge in [0.25, 0.3) is 0 Å². The molecular weight excluding hydrogens is 243 g/mol. The molecule has 0 amide bonds. The molecule has 88 valence electrons. The van der Waals surface area contributed by atoms with Crippen LogP contribution >= 0.6 is 23.2 Å². The molecule has 0 bridgehead atoms. The molecule has 1 N–H and O–H groups in total. The quantitative estimate of drug-likeness (QED) is 0.869. The molecule has 0 spiro atoms. The lowest BCUT2D eigenvalue weighted by Crippen LogP contribution is -2.25. The van der Waals surface area contributed by atoms with Crippen molar-refractivity contribution in [3.8, 4) is 0 Å². The molecule has 1 aliphatic carbocycles. The van der Waals surface area contributed by atoms with E-state index >= 15 is 0 Å². The van der Waals surface area contributed by atoms with E-state index in [4.69, 9.17) is 23.2 Å². The van der Waals surface area contributed by atoms with Crippen LogP contribution in [0.15, 0.2) is 12.3 Å². The van der Waals surface area contributed by atoms with Crippen molar-refractivity contribution >= 4 is 23.2 Å². The number of hydrogen-bond donors (Lipinski definition) is 1. The number of nitrogens with one attached hydrogen (secondary N) is 1. The molecule has 1 atom stereocenters. The molecule has 1 unspecified atom stereocenters. The van der Waals surface area contributed by atoms with E-state index < -0.39 is 0 Å². The minimum absolute atomic E-state index is 0.296. The Balaban J connectivity index is 2.17. The van der Waals surface area contributed by atoms with Crippen molar-refractivity contribution in [1.82, 2.24) is 10.3 Å². The number of pyridine rings is 1. The fourth-order valence-electron chi connectivity index (χ4n) is 1.87. The molecule has 0 saturated heterocycles. The van der Waals surface area contributed by atoms with Crippen LogP contribution in [0.25, 0.3) is 0 Å². The Morgan fingerprint density at radius 3 is 2.81 bits per heavy atom. The summed E-state index contributed by atoms with van der Waals surface area (Å²) in [5.74, 6) is 0.692. The van der Waals surface area contributed by atoms with Gasteiger partial charge in [0, 0.05) is 6.20 Å². The van der Waals surface area contributed by atoms with E-state index in [1.807, 2.05) is 0 Å². The summed E-state index contributed by atoms with van der Waals surface area (Å²) in [7, 11) is 0. The fourth-order valence-corrected chi connectivity index (χ4v) is 2.37. The lowest BCUT2D eigenvalue weighted by atomic mass is 10.1. The molecule has 2 rings (SSSR count). The predicted molar refractivity (Wildman–Crippen MR) is 68.0 cm³/mol. The Morgan fingerprint density at radius 2 is 2.25 bits per heavy atom. The van der Waals surface area contributed by atoms with Gasteiger partial charge in [0.15, 0.2) is 0 Å². The highest BCUT2D eigenvalue weighted by atomic mass is 35.5. The van der Waals surface area contributed by atoms with E-state index in [9.17, 15) is 0 Å². The van der Waals surface area contributed by atoms with Crippen molar-refractivity contribution < 1.29 is 0 Å². The molecule has 1 aliphatic rings. The topological polar surface area (TPSA) is 24.9 Å². The minimum atomic E-state index is 0.296. The Labute approximate surface area is 106 Å². The van der Waals surface area contributed by atoms with Crippen LogP contribution in [0.3, 0.4) is 0 Å². The van der Waals surface area contributed by atoms with Gasteiger partial charge < -0.3 is 5.32 Å². The first-order valence-electron chi connectivity index (χ1n) is 5.76. The highest BCUT2D eigenvalue weighted by Gasteiger charge is 2.33. The highest BCUT2D eigenvalue weighted by molar-refractivity contribution is 6.34. The van der Waals surface area contributed by atoms with Gasteiger partial charge in [-0.1, -0.05) is 30.1 Å². The summed E-state index contributed by atoms with van der Waals surface area (Å²) in [6.45, 7) is 3.16. The molecule has 2 nitrogen and oxygen atoms in total. The smallest absolute Gasteiger partial charge is 0.0762 e. The van der Waals surface area contributed by atoms with E-state index in [2.05, 4.69) is 17.2 Å². The second-order valence-corrected chi connectivity index (χ2v) is 5.13. The molecule has 1 heterocycles. The minimum Gasteiger partial charge on any atom is -0.308 e. The van der Waals surface area contributed by atoms with Gasteiger partial charge >= 0.3 is 0 Å². The van der Waals surface area contributed by atoms with Crippen molar-refractivity contribution in [3.63, 3.8) is 0 Å². The first-order valence-corrected chi connectivity index (χ1v) is 6.52. The largest absolute Gasteiger partial charge is 0.308 e. The molecule has 0 aliphatic heterocycles. The van der Waals surface area contributed by atoms with E-state index in [1.165, 1.54) is 12.8 Å². The molecule has 0 radical (unpaired) electrons. The van der Waals surface area contributed by atoms with Crippen molar-refractivity contribution in [2.45, 2.75) is 32.2 Å². The predicted octanol–water partition coefficient (Wildman–Crippen LogP) is 3.84. The van der Waals surface area contributed by atoms with Crippen molar-refractivity contribution in [3.05, 3.63) is 28.0 Å². The fraction of sp³-hybridized carbons (Fsp3) is 0.583. The van der Waals surface area contributed by atoms with E-state index in [1.54, 1.807) is 12.3 Å². The summed E-state index contributed by atoms with van der Waals surface area (Å²) in [6, 6.07) is 2.07. The van der Waals surface area contributed by atoms with E-state index in [0.29, 0.717) is 22.0 Å². The van der Waals surface area contributed by atoms with Gasteiger partial charge in [-0.15, -0.1) is 0 Å². The summed E-state index contributed by atoms with van der Waals surface area (Å²) in [6.07, 6.45) is 5.32. The van der Waals surface area contributed by atoms with Gasteiger partial charge in [0.2, 0.25) is 0 Å². The lowest BCUT2D eigenvalue weighted by molar-refractivity contribution is 0.471. The highest BCUT2D eigenvalue weighted by Crippen LogP contribution is 2.42. The van der Waals surface area contributed by atoms with Crippen molar-refractivity contribution in [2.75, 3.05) is 6.54 Å². The van der Waals surface area contributed by atoms with Crippen LogP contribution in [0.5, 0.6) is 0 Å². The second kappa shape index (κ2) is 5.35. The SMILES string of the molecule is CCCNC(c1ncc(Cl)cc1Cl)C1CC1. The lowest BCUT2D eigenvalue weighted by Gasteiger charge is -2.18. The average molecular weight is 259 g/mol. The third-order valence-corrected chi connectivity index (χ3v) is 3.35. The number of nitrogens with zero attached hydrogens (tertiary/aromatic N) is 1. The van der Waals surface area contributed by atoms with Gasteiger partial charge in [-0.25, -0.2) is 0 Å². The summed E-state index contributed by atoms with van der Waals surface area (Å²) in [5, 5.41) is 4.79. The van der Waals surface area contributed by atoms with Crippen LogP contribution in [0, 0.1) is 5.92 Å². The summed E-state index contributed by atoms with van der Waals surface area (Å²) < 4.78 is 0. The molecule has 1 aromatic heterocycles. The molecule has 1 saturated carbocycles. The maximum Gasteiger partial charge on any atom is 0.0762 e.